The maximum Gasteiger partial charge on any atom is 0.248 e. The molecule has 5 heterocycles. The van der Waals surface area contributed by atoms with E-state index < -0.39 is 6.61 Å². The van der Waals surface area contributed by atoms with Gasteiger partial charge >= 0.3 is 0 Å². The number of hydrogen-bond donors (Lipinski definition) is 1. The predicted octanol–water partition coefficient (Wildman–Crippen LogP) is 3.08. The minimum Gasteiger partial charge on any atom is -0.387 e. The van der Waals surface area contributed by atoms with Crippen molar-refractivity contribution in [1.82, 2.24) is 29.3 Å². The monoisotopic (exact) mass is 473 g/mol. The van der Waals surface area contributed by atoms with E-state index >= 15 is 0 Å². The summed E-state index contributed by atoms with van der Waals surface area (Å²) in [7, 11) is 0. The Labute approximate surface area is 200 Å². The molecule has 4 aromatic rings. The van der Waals surface area contributed by atoms with E-state index in [9.17, 15) is 10.1 Å². The number of amides is 1. The van der Waals surface area contributed by atoms with E-state index in [1.807, 2.05) is 42.2 Å². The van der Waals surface area contributed by atoms with Gasteiger partial charge in [0.25, 0.3) is 0 Å². The molecule has 10 heteroatoms. The molecule has 1 N–H and O–H groups in total. The molecule has 1 amide bonds. The zero-order chi connectivity index (χ0) is 23.7. The molecule has 0 aliphatic carbocycles. The highest BCUT2D eigenvalue weighted by Crippen LogP contribution is 2.36. The number of nitrogens with zero attached hydrogens (tertiary/aromatic N) is 7. The molecule has 0 aromatic carbocycles. The maximum absolute atomic E-state index is 11.8. The molecule has 1 saturated heterocycles. The summed E-state index contributed by atoms with van der Waals surface area (Å²) < 4.78 is 3.78. The zero-order valence-electron chi connectivity index (χ0n) is 18.6. The third-order valence-corrected chi connectivity index (χ3v) is 7.19. The molecular weight excluding hydrogens is 450 g/mol. The maximum atomic E-state index is 11.8. The molecular formula is C24H23N7O2S. The highest BCUT2D eigenvalue weighted by molar-refractivity contribution is 7.99. The van der Waals surface area contributed by atoms with Crippen molar-refractivity contribution in [3.63, 3.8) is 0 Å². The summed E-state index contributed by atoms with van der Waals surface area (Å²) in [6, 6.07) is 10.2. The van der Waals surface area contributed by atoms with E-state index in [0.29, 0.717) is 18.7 Å². The molecule has 5 rings (SSSR count). The van der Waals surface area contributed by atoms with Gasteiger partial charge in [-0.15, -0.1) is 0 Å². The Morgan fingerprint density at radius 3 is 2.79 bits per heavy atom. The van der Waals surface area contributed by atoms with Gasteiger partial charge in [0.2, 0.25) is 5.91 Å². The minimum absolute atomic E-state index is 0.192. The molecule has 9 nitrogen and oxygen atoms in total. The van der Waals surface area contributed by atoms with Crippen molar-refractivity contribution in [3.8, 4) is 17.2 Å². The lowest BCUT2D eigenvalue weighted by atomic mass is 10.0. The first-order valence-electron chi connectivity index (χ1n) is 11.0. The number of piperidine rings is 1. The van der Waals surface area contributed by atoms with Crippen LogP contribution in [0, 0.1) is 18.3 Å². The van der Waals surface area contributed by atoms with Crippen LogP contribution in [0.2, 0.25) is 0 Å². The molecule has 1 aliphatic heterocycles. The standard InChI is InChI=1S/C24H23N7O2S/c1-16-20(13-28-31(16)19-5-8-29(9-6-19)23(33)15-32)17-10-21(34-22-4-2-3-7-26-22)24-18(11-25)12-27-30(24)14-17/h2-4,7,10,12-14,19,32H,5-6,8-9,15H2,1H3. The molecule has 4 aromatic heterocycles. The van der Waals surface area contributed by atoms with Gasteiger partial charge in [0.05, 0.1) is 29.5 Å². The number of aliphatic hydroxyl groups is 1. The smallest absolute Gasteiger partial charge is 0.248 e. The fourth-order valence-corrected chi connectivity index (χ4v) is 5.42. The summed E-state index contributed by atoms with van der Waals surface area (Å²) in [5.41, 5.74) is 4.25. The number of carbonyl (C=O) groups is 1. The van der Waals surface area contributed by atoms with Crippen LogP contribution in [-0.4, -0.2) is 60.0 Å². The third kappa shape index (κ3) is 4.04. The van der Waals surface area contributed by atoms with Crippen LogP contribution in [0.3, 0.4) is 0 Å². The highest BCUT2D eigenvalue weighted by Gasteiger charge is 2.26. The van der Waals surface area contributed by atoms with Crippen LogP contribution in [0.1, 0.15) is 30.1 Å². The van der Waals surface area contributed by atoms with Crippen molar-refractivity contribution in [3.05, 3.63) is 60.3 Å². The van der Waals surface area contributed by atoms with Crippen molar-refractivity contribution in [2.75, 3.05) is 19.7 Å². The predicted molar refractivity (Wildman–Crippen MR) is 126 cm³/mol. The highest BCUT2D eigenvalue weighted by atomic mass is 32.2. The number of nitriles is 1. The van der Waals surface area contributed by atoms with Gasteiger partial charge in [0.1, 0.15) is 17.7 Å². The Hall–Kier alpha value is -3.68. The molecule has 1 aliphatic rings. The van der Waals surface area contributed by atoms with E-state index in [0.717, 1.165) is 45.1 Å². The van der Waals surface area contributed by atoms with Gasteiger partial charge in [-0.2, -0.15) is 15.5 Å². The van der Waals surface area contributed by atoms with Gasteiger partial charge in [0.15, 0.2) is 0 Å². The van der Waals surface area contributed by atoms with Gasteiger partial charge in [-0.25, -0.2) is 9.50 Å². The van der Waals surface area contributed by atoms with Crippen LogP contribution in [0.25, 0.3) is 16.6 Å². The number of fused-ring (bicyclic) bond motifs is 1. The van der Waals surface area contributed by atoms with Crippen molar-refractivity contribution in [2.24, 2.45) is 0 Å². The quantitative estimate of drug-likeness (QED) is 0.474. The topological polar surface area (TPSA) is 112 Å². The van der Waals surface area contributed by atoms with Crippen LogP contribution < -0.4 is 0 Å². The first kappa shape index (κ1) is 22.1. The Morgan fingerprint density at radius 1 is 1.26 bits per heavy atom. The SMILES string of the molecule is Cc1c(-c2cc(Sc3ccccn3)c3c(C#N)cnn3c2)cnn1C1CCN(C(=O)CO)CC1. The molecule has 0 spiro atoms. The fraction of sp³-hybridized carbons (Fsp3) is 0.292. The lowest BCUT2D eigenvalue weighted by Gasteiger charge is -2.32. The van der Waals surface area contributed by atoms with E-state index in [-0.39, 0.29) is 11.9 Å². The second kappa shape index (κ2) is 9.29. The zero-order valence-corrected chi connectivity index (χ0v) is 19.4. The number of pyridine rings is 2. The molecule has 34 heavy (non-hydrogen) atoms. The number of likely N-dealkylation sites (tertiary alicyclic amines) is 1. The van der Waals surface area contributed by atoms with Crippen LogP contribution in [0.5, 0.6) is 0 Å². The molecule has 0 bridgehead atoms. The summed E-state index contributed by atoms with van der Waals surface area (Å²) in [6.45, 7) is 2.82. The number of hydrogen-bond acceptors (Lipinski definition) is 7. The van der Waals surface area contributed by atoms with Crippen molar-refractivity contribution in [1.29, 1.82) is 5.26 Å². The Morgan fingerprint density at radius 2 is 2.09 bits per heavy atom. The number of aromatic nitrogens is 5. The van der Waals surface area contributed by atoms with Crippen LogP contribution in [0.4, 0.5) is 0 Å². The van der Waals surface area contributed by atoms with Crippen molar-refractivity contribution < 1.29 is 9.90 Å². The van der Waals surface area contributed by atoms with Crippen LogP contribution in [-0.2, 0) is 4.79 Å². The van der Waals surface area contributed by atoms with E-state index in [1.54, 1.807) is 21.8 Å². The summed E-state index contributed by atoms with van der Waals surface area (Å²) in [5, 5.41) is 28.6. The van der Waals surface area contributed by atoms with Gasteiger partial charge in [-0.3, -0.25) is 9.48 Å². The molecule has 172 valence electrons. The first-order valence-corrected chi connectivity index (χ1v) is 11.8. The van der Waals surface area contributed by atoms with Crippen LogP contribution in [0.15, 0.2) is 59.0 Å². The van der Waals surface area contributed by atoms with Gasteiger partial charge < -0.3 is 10.0 Å². The molecule has 0 radical (unpaired) electrons. The lowest BCUT2D eigenvalue weighted by Crippen LogP contribution is -2.40. The van der Waals surface area contributed by atoms with E-state index in [4.69, 9.17) is 5.11 Å². The second-order valence-electron chi connectivity index (χ2n) is 8.18. The molecule has 0 unspecified atom stereocenters. The van der Waals surface area contributed by atoms with Gasteiger partial charge in [0, 0.05) is 47.2 Å². The Balaban J connectivity index is 1.49. The summed E-state index contributed by atoms with van der Waals surface area (Å²) >= 11 is 1.50. The Bertz CT molecular complexity index is 1380. The van der Waals surface area contributed by atoms with Crippen molar-refractivity contribution >= 4 is 23.2 Å². The van der Waals surface area contributed by atoms with E-state index in [1.165, 1.54) is 11.8 Å². The molecule has 1 fully saturated rings. The number of rotatable bonds is 5. The van der Waals surface area contributed by atoms with Crippen molar-refractivity contribution in [2.45, 2.75) is 35.7 Å². The first-order chi connectivity index (χ1) is 16.6. The second-order valence-corrected chi connectivity index (χ2v) is 9.25. The third-order valence-electron chi connectivity index (χ3n) is 6.20. The average Bonchev–Trinajstić information content (AvgIpc) is 3.47. The number of aliphatic hydroxyl groups excluding tert-OH is 1. The minimum atomic E-state index is -0.447. The summed E-state index contributed by atoms with van der Waals surface area (Å²) in [5.74, 6) is -0.224. The van der Waals surface area contributed by atoms with Gasteiger partial charge in [-0.1, -0.05) is 17.8 Å². The molecule has 0 saturated carbocycles. The van der Waals surface area contributed by atoms with Crippen LogP contribution >= 0.6 is 11.8 Å². The van der Waals surface area contributed by atoms with E-state index in [2.05, 4.69) is 27.3 Å². The Kier molecular flexibility index (Phi) is 6.04. The lowest BCUT2D eigenvalue weighted by molar-refractivity contribution is -0.135. The molecule has 0 atom stereocenters. The largest absolute Gasteiger partial charge is 0.387 e. The normalized spacial score (nSPS) is 14.4. The summed E-state index contributed by atoms with van der Waals surface area (Å²) in [4.78, 5) is 18.8. The number of carbonyl (C=O) groups excluding carboxylic acids is 1. The summed E-state index contributed by atoms with van der Waals surface area (Å²) in [6.07, 6.45) is 8.70. The fourth-order valence-electron chi connectivity index (χ4n) is 4.45. The average molecular weight is 474 g/mol. The van der Waals surface area contributed by atoms with Gasteiger partial charge in [-0.05, 0) is 38.0 Å².